The van der Waals surface area contributed by atoms with E-state index < -0.39 is 11.7 Å². The van der Waals surface area contributed by atoms with E-state index in [2.05, 4.69) is 149 Å². The molecule has 13 aromatic rings. The summed E-state index contributed by atoms with van der Waals surface area (Å²) >= 11 is 0. The van der Waals surface area contributed by atoms with Crippen molar-refractivity contribution in [2.45, 2.75) is 33.9 Å². The minimum atomic E-state index is -4.85. The quantitative estimate of drug-likeness (QED) is 0.149. The van der Waals surface area contributed by atoms with Crippen molar-refractivity contribution in [3.05, 3.63) is 258 Å². The van der Waals surface area contributed by atoms with Crippen molar-refractivity contribution >= 4 is 43.6 Å². The number of hydrogen-bond donors (Lipinski definition) is 0. The number of alkyl halides is 3. The number of rotatable bonds is 8. The van der Waals surface area contributed by atoms with E-state index in [1.165, 1.54) is 0 Å². The fourth-order valence-corrected chi connectivity index (χ4v) is 11.0. The summed E-state index contributed by atoms with van der Waals surface area (Å²) < 4.78 is 55.1. The second kappa shape index (κ2) is 18.3. The Balaban J connectivity index is 1.15. The number of nitrogens with zero attached hydrogens (tertiary/aromatic N) is 3. The van der Waals surface area contributed by atoms with Crippen LogP contribution in [0, 0.1) is 27.7 Å². The Kier molecular flexibility index (Phi) is 11.2. The van der Waals surface area contributed by atoms with Crippen molar-refractivity contribution in [1.82, 2.24) is 14.1 Å². The molecule has 13 rings (SSSR count). The Morgan fingerprint density at radius 3 is 0.908 bits per heavy atom. The number of fused-ring (bicyclic) bond motifs is 6. The van der Waals surface area contributed by atoms with E-state index in [-0.39, 0.29) is 11.4 Å². The van der Waals surface area contributed by atoms with E-state index in [4.69, 9.17) is 4.98 Å². The summed E-state index contributed by atoms with van der Waals surface area (Å²) in [6.07, 6.45) is -4.85. The Labute approximate surface area is 439 Å². The van der Waals surface area contributed by atoms with Crippen molar-refractivity contribution in [3.8, 4) is 78.4 Å². The molecular weight excluding hydrogens is 940 g/mol. The molecular formula is C70H50F3N3. The van der Waals surface area contributed by atoms with Crippen molar-refractivity contribution in [3.63, 3.8) is 0 Å². The zero-order valence-electron chi connectivity index (χ0n) is 42.4. The molecule has 10 aromatic carbocycles. The minimum Gasteiger partial charge on any atom is -0.309 e. The van der Waals surface area contributed by atoms with Crippen LogP contribution in [-0.4, -0.2) is 14.1 Å². The van der Waals surface area contributed by atoms with Crippen LogP contribution in [0.4, 0.5) is 13.2 Å². The van der Waals surface area contributed by atoms with Crippen molar-refractivity contribution in [2.75, 3.05) is 0 Å². The SMILES string of the molecule is Cc1ccc(-c2ccc3c(c2)c2cc(-c4ccc(C)cc4)ccc2n3-c2cc(-c3cccc(-c4ccccc4)n3)cc(-n3c4ccc(-c5ccc(C)cc5)cc4c4cc(-c5ccc(C)cc5)ccc43)c2C(F)(F)F)cc1. The molecule has 3 aromatic heterocycles. The number of benzene rings is 10. The molecule has 0 saturated carbocycles. The Morgan fingerprint density at radius 1 is 0.289 bits per heavy atom. The fourth-order valence-electron chi connectivity index (χ4n) is 11.0. The summed E-state index contributed by atoms with van der Waals surface area (Å²) in [6, 6.07) is 77.1. The molecule has 6 heteroatoms. The largest absolute Gasteiger partial charge is 0.420 e. The van der Waals surface area contributed by atoms with Crippen LogP contribution in [0.15, 0.2) is 231 Å². The van der Waals surface area contributed by atoms with Crippen LogP contribution in [-0.2, 0) is 6.18 Å². The second-order valence-corrected chi connectivity index (χ2v) is 20.2. The van der Waals surface area contributed by atoms with Crippen molar-refractivity contribution < 1.29 is 13.2 Å². The van der Waals surface area contributed by atoms with Crippen LogP contribution in [0.2, 0.25) is 0 Å². The van der Waals surface area contributed by atoms with E-state index >= 15 is 13.2 Å². The highest BCUT2D eigenvalue weighted by molar-refractivity contribution is 6.14. The van der Waals surface area contributed by atoms with E-state index in [0.717, 1.165) is 99.6 Å². The third-order valence-electron chi connectivity index (χ3n) is 15.0. The van der Waals surface area contributed by atoms with Crippen molar-refractivity contribution in [1.29, 1.82) is 0 Å². The molecule has 0 atom stereocenters. The highest BCUT2D eigenvalue weighted by atomic mass is 19.4. The summed E-state index contributed by atoms with van der Waals surface area (Å²) in [7, 11) is 0. The summed E-state index contributed by atoms with van der Waals surface area (Å²) in [4.78, 5) is 5.20. The molecule has 0 amide bonds. The highest BCUT2D eigenvalue weighted by Gasteiger charge is 2.40. The lowest BCUT2D eigenvalue weighted by molar-refractivity contribution is -0.137. The average Bonchev–Trinajstić information content (AvgIpc) is 4.16. The molecule has 0 bridgehead atoms. The number of hydrogen-bond acceptors (Lipinski definition) is 1. The van der Waals surface area contributed by atoms with Gasteiger partial charge in [0.15, 0.2) is 0 Å². The van der Waals surface area contributed by atoms with Gasteiger partial charge in [0.25, 0.3) is 0 Å². The fraction of sp³-hybridized carbons (Fsp3) is 0.0714. The first-order chi connectivity index (χ1) is 36.9. The lowest BCUT2D eigenvalue weighted by Crippen LogP contribution is -2.16. The van der Waals surface area contributed by atoms with Crippen LogP contribution in [0.1, 0.15) is 27.8 Å². The second-order valence-electron chi connectivity index (χ2n) is 20.2. The number of aromatic nitrogens is 3. The predicted molar refractivity (Wildman–Crippen MR) is 309 cm³/mol. The first kappa shape index (κ1) is 46.5. The van der Waals surface area contributed by atoms with Gasteiger partial charge in [-0.2, -0.15) is 13.2 Å². The van der Waals surface area contributed by atoms with Gasteiger partial charge in [0, 0.05) is 32.7 Å². The van der Waals surface area contributed by atoms with Gasteiger partial charge in [0.2, 0.25) is 0 Å². The van der Waals surface area contributed by atoms with Crippen LogP contribution in [0.3, 0.4) is 0 Å². The van der Waals surface area contributed by atoms with Gasteiger partial charge < -0.3 is 9.13 Å². The number of aryl methyl sites for hydroxylation is 4. The van der Waals surface area contributed by atoms with Gasteiger partial charge in [-0.1, -0.05) is 180 Å². The molecule has 76 heavy (non-hydrogen) atoms. The molecule has 0 unspecified atom stereocenters. The molecule has 3 nitrogen and oxygen atoms in total. The number of halogens is 3. The first-order valence-electron chi connectivity index (χ1n) is 25.7. The summed E-state index contributed by atoms with van der Waals surface area (Å²) in [5.41, 5.74) is 17.1. The molecule has 0 spiro atoms. The molecule has 0 fully saturated rings. The molecule has 0 saturated heterocycles. The smallest absolute Gasteiger partial charge is 0.309 e. The van der Waals surface area contributed by atoms with E-state index in [0.29, 0.717) is 33.3 Å². The van der Waals surface area contributed by atoms with Crippen LogP contribution in [0.5, 0.6) is 0 Å². The minimum absolute atomic E-state index is 0.000590. The van der Waals surface area contributed by atoms with E-state index in [1.54, 1.807) is 12.1 Å². The predicted octanol–water partition coefficient (Wildman–Crippen LogP) is 19.5. The van der Waals surface area contributed by atoms with Gasteiger partial charge in [-0.15, -0.1) is 0 Å². The zero-order valence-corrected chi connectivity index (χ0v) is 42.4. The monoisotopic (exact) mass is 989 g/mol. The third-order valence-corrected chi connectivity index (χ3v) is 15.0. The van der Waals surface area contributed by atoms with Gasteiger partial charge >= 0.3 is 6.18 Å². The Hall–Kier alpha value is -9.26. The average molecular weight is 990 g/mol. The first-order valence-corrected chi connectivity index (χ1v) is 25.7. The van der Waals surface area contributed by atoms with E-state index in [9.17, 15) is 0 Å². The van der Waals surface area contributed by atoms with Gasteiger partial charge in [0.05, 0.1) is 44.8 Å². The third kappa shape index (κ3) is 8.23. The summed E-state index contributed by atoms with van der Waals surface area (Å²) in [5, 5.41) is 3.37. The molecule has 0 aliphatic heterocycles. The van der Waals surface area contributed by atoms with Gasteiger partial charge in [-0.25, -0.2) is 4.98 Å². The normalized spacial score (nSPS) is 11.9. The van der Waals surface area contributed by atoms with E-state index in [1.807, 2.05) is 106 Å². The Bertz CT molecular complexity index is 3930. The maximum Gasteiger partial charge on any atom is 0.420 e. The molecule has 3 heterocycles. The van der Waals surface area contributed by atoms with Crippen LogP contribution < -0.4 is 0 Å². The van der Waals surface area contributed by atoms with Gasteiger partial charge in [0.1, 0.15) is 5.56 Å². The molecule has 0 aliphatic rings. The summed E-state index contributed by atoms with van der Waals surface area (Å²) in [5.74, 6) is 0. The molecule has 366 valence electrons. The van der Waals surface area contributed by atoms with Crippen LogP contribution in [0.25, 0.3) is 122 Å². The molecule has 0 aliphatic carbocycles. The van der Waals surface area contributed by atoms with Crippen molar-refractivity contribution in [2.24, 2.45) is 0 Å². The summed E-state index contributed by atoms with van der Waals surface area (Å²) in [6.45, 7) is 8.25. The lowest BCUT2D eigenvalue weighted by Gasteiger charge is -2.23. The Morgan fingerprint density at radius 2 is 0.592 bits per heavy atom. The topological polar surface area (TPSA) is 22.8 Å². The van der Waals surface area contributed by atoms with Gasteiger partial charge in [-0.05, 0) is 145 Å². The number of pyridine rings is 1. The molecule has 0 radical (unpaired) electrons. The highest BCUT2D eigenvalue weighted by Crippen LogP contribution is 2.48. The zero-order chi connectivity index (χ0) is 51.8. The van der Waals surface area contributed by atoms with Gasteiger partial charge in [-0.3, -0.25) is 0 Å². The maximum absolute atomic E-state index is 17.1. The maximum atomic E-state index is 17.1. The molecule has 0 N–H and O–H groups in total. The standard InChI is InChI=1S/C70H50F3N3/c1-43-13-21-47(22-14-43)52-29-33-63-57(37-52)58-38-53(48-23-15-44(2)16-24-48)30-34-64(58)75(63)67-41-56(62-12-8-11-61(74-62)51-9-6-5-7-10-51)42-68(69(67)70(71,72)73)76-65-35-31-54(49-25-17-45(3)18-26-49)39-59(65)60-40-55(32-36-66(60)76)50-27-19-46(4)20-28-50/h5-42H,1-4H3. The lowest BCUT2D eigenvalue weighted by atomic mass is 9.99. The van der Waals surface area contributed by atoms with Crippen LogP contribution >= 0.6 is 0 Å².